The standard InChI is InChI=1S/C20H20N4O6S/c1-28-13-8-11(9-14(29-2)18(13)30-3)17-15(19(21)25)16(22-20(31)23-17)10-4-6-12(7-5-10)24(26)27/h4-9,16H,1-3H3,(H2,21,25)(H2,22,23,31). The molecule has 1 aliphatic heterocycles. The molecule has 162 valence electrons. The average molecular weight is 444 g/mol. The van der Waals surface area contributed by atoms with Crippen LogP contribution in [0, 0.1) is 10.1 Å². The number of nitro groups is 1. The third-order valence-electron chi connectivity index (χ3n) is 4.73. The largest absolute Gasteiger partial charge is 0.493 e. The lowest BCUT2D eigenvalue weighted by atomic mass is 9.92. The van der Waals surface area contributed by atoms with Gasteiger partial charge in [-0.15, -0.1) is 0 Å². The normalized spacial score (nSPS) is 15.6. The fourth-order valence-electron chi connectivity index (χ4n) is 3.32. The second kappa shape index (κ2) is 8.88. The number of amides is 1. The SMILES string of the molecule is COc1cc(C2=C(C(N)=O)C(c3ccc([N+](=O)[O-])cc3)NC(=S)N2)cc(OC)c1OC. The van der Waals surface area contributed by atoms with Crippen molar-refractivity contribution in [3.63, 3.8) is 0 Å². The predicted molar refractivity (Wildman–Crippen MR) is 117 cm³/mol. The summed E-state index contributed by atoms with van der Waals surface area (Å²) in [7, 11) is 4.44. The Morgan fingerprint density at radius 1 is 1.10 bits per heavy atom. The lowest BCUT2D eigenvalue weighted by molar-refractivity contribution is -0.384. The van der Waals surface area contributed by atoms with Crippen LogP contribution < -0.4 is 30.6 Å². The lowest BCUT2D eigenvalue weighted by Gasteiger charge is -2.31. The first-order valence-corrected chi connectivity index (χ1v) is 9.37. The number of nitrogens with one attached hydrogen (secondary N) is 2. The number of primary amides is 1. The smallest absolute Gasteiger partial charge is 0.269 e. The molecule has 0 saturated carbocycles. The second-order valence-corrected chi connectivity index (χ2v) is 6.86. The first-order chi connectivity index (χ1) is 14.8. The molecule has 2 aromatic rings. The first kappa shape index (κ1) is 21.8. The summed E-state index contributed by atoms with van der Waals surface area (Å²) in [5.41, 5.74) is 7.31. The van der Waals surface area contributed by atoms with Gasteiger partial charge in [-0.25, -0.2) is 0 Å². The lowest BCUT2D eigenvalue weighted by Crippen LogP contribution is -2.46. The molecule has 4 N–H and O–H groups in total. The zero-order valence-corrected chi connectivity index (χ0v) is 17.7. The number of thiocarbonyl (C=S) groups is 1. The Morgan fingerprint density at radius 3 is 2.13 bits per heavy atom. The number of hydrogen-bond donors (Lipinski definition) is 3. The molecule has 1 unspecified atom stereocenters. The maximum Gasteiger partial charge on any atom is 0.269 e. The summed E-state index contributed by atoms with van der Waals surface area (Å²) in [6, 6.07) is 8.38. The van der Waals surface area contributed by atoms with E-state index in [1.54, 1.807) is 24.3 Å². The van der Waals surface area contributed by atoms with Gasteiger partial charge < -0.3 is 30.6 Å². The third-order valence-corrected chi connectivity index (χ3v) is 4.95. The van der Waals surface area contributed by atoms with Gasteiger partial charge in [-0.05, 0) is 42.0 Å². The minimum absolute atomic E-state index is 0.0743. The van der Waals surface area contributed by atoms with E-state index in [-0.39, 0.29) is 16.4 Å². The van der Waals surface area contributed by atoms with Crippen LogP contribution in [0.25, 0.3) is 5.70 Å². The number of carbonyl (C=O) groups is 1. The van der Waals surface area contributed by atoms with E-state index in [0.717, 1.165) is 0 Å². The van der Waals surface area contributed by atoms with E-state index in [0.29, 0.717) is 34.1 Å². The predicted octanol–water partition coefficient (Wildman–Crippen LogP) is 2.04. The molecular formula is C20H20N4O6S. The minimum Gasteiger partial charge on any atom is -0.493 e. The van der Waals surface area contributed by atoms with E-state index in [2.05, 4.69) is 10.6 Å². The van der Waals surface area contributed by atoms with Gasteiger partial charge in [0.15, 0.2) is 16.6 Å². The fraction of sp³-hybridized carbons (Fsp3) is 0.200. The summed E-state index contributed by atoms with van der Waals surface area (Å²) in [4.78, 5) is 22.9. The number of benzene rings is 2. The summed E-state index contributed by atoms with van der Waals surface area (Å²) in [6.45, 7) is 0. The van der Waals surface area contributed by atoms with Crippen LogP contribution in [0.15, 0.2) is 42.0 Å². The Labute approximate surface area is 183 Å². The zero-order chi connectivity index (χ0) is 22.7. The zero-order valence-electron chi connectivity index (χ0n) is 16.9. The Morgan fingerprint density at radius 2 is 1.68 bits per heavy atom. The van der Waals surface area contributed by atoms with Gasteiger partial charge in [0.05, 0.1) is 43.6 Å². The molecule has 31 heavy (non-hydrogen) atoms. The average Bonchev–Trinajstić information content (AvgIpc) is 2.77. The summed E-state index contributed by atoms with van der Waals surface area (Å²) in [6.07, 6.45) is 0. The van der Waals surface area contributed by atoms with Crippen molar-refractivity contribution in [2.24, 2.45) is 5.73 Å². The van der Waals surface area contributed by atoms with Crippen molar-refractivity contribution in [3.05, 3.63) is 63.2 Å². The van der Waals surface area contributed by atoms with E-state index in [4.69, 9.17) is 32.2 Å². The molecule has 0 fully saturated rings. The van der Waals surface area contributed by atoms with Gasteiger partial charge >= 0.3 is 0 Å². The highest BCUT2D eigenvalue weighted by Crippen LogP contribution is 2.41. The third kappa shape index (κ3) is 4.21. The fourth-order valence-corrected chi connectivity index (χ4v) is 3.54. The summed E-state index contributed by atoms with van der Waals surface area (Å²) in [5, 5.41) is 17.2. The van der Waals surface area contributed by atoms with Crippen molar-refractivity contribution in [1.29, 1.82) is 0 Å². The van der Waals surface area contributed by atoms with Crippen LogP contribution in [0.1, 0.15) is 17.2 Å². The Kier molecular flexibility index (Phi) is 6.25. The summed E-state index contributed by atoms with van der Waals surface area (Å²) < 4.78 is 16.1. The molecule has 0 radical (unpaired) electrons. The van der Waals surface area contributed by atoms with Gasteiger partial charge in [0.25, 0.3) is 5.69 Å². The van der Waals surface area contributed by atoms with Crippen LogP contribution in [0.4, 0.5) is 5.69 Å². The van der Waals surface area contributed by atoms with Crippen LogP contribution in [0.3, 0.4) is 0 Å². The molecule has 1 amide bonds. The quantitative estimate of drug-likeness (QED) is 0.333. The number of nitrogens with zero attached hydrogens (tertiary/aromatic N) is 1. The first-order valence-electron chi connectivity index (χ1n) is 8.96. The topological polar surface area (TPSA) is 138 Å². The molecule has 0 aliphatic carbocycles. The highest BCUT2D eigenvalue weighted by atomic mass is 32.1. The highest BCUT2D eigenvalue weighted by molar-refractivity contribution is 7.80. The van der Waals surface area contributed by atoms with Crippen LogP contribution in [-0.2, 0) is 4.79 Å². The maximum absolute atomic E-state index is 12.5. The number of nitrogens with two attached hydrogens (primary N) is 1. The number of methoxy groups -OCH3 is 3. The van der Waals surface area contributed by atoms with Crippen LogP contribution in [0.2, 0.25) is 0 Å². The van der Waals surface area contributed by atoms with Gasteiger partial charge in [-0.1, -0.05) is 0 Å². The molecule has 0 spiro atoms. The van der Waals surface area contributed by atoms with E-state index in [1.807, 2.05) is 0 Å². The maximum atomic E-state index is 12.5. The number of hydrogen-bond acceptors (Lipinski definition) is 7. The van der Waals surface area contributed by atoms with E-state index >= 15 is 0 Å². The molecule has 0 aromatic heterocycles. The van der Waals surface area contributed by atoms with Crippen LogP contribution in [-0.4, -0.2) is 37.3 Å². The van der Waals surface area contributed by atoms with E-state index < -0.39 is 16.9 Å². The van der Waals surface area contributed by atoms with Gasteiger partial charge in [0, 0.05) is 17.7 Å². The number of carbonyl (C=O) groups excluding carboxylic acids is 1. The van der Waals surface area contributed by atoms with Crippen molar-refractivity contribution in [2.75, 3.05) is 21.3 Å². The molecule has 3 rings (SSSR count). The number of nitro benzene ring substituents is 1. The molecule has 1 atom stereocenters. The van der Waals surface area contributed by atoms with Crippen molar-refractivity contribution in [3.8, 4) is 17.2 Å². The van der Waals surface area contributed by atoms with Gasteiger partial charge in [-0.3, -0.25) is 14.9 Å². The van der Waals surface area contributed by atoms with Crippen molar-refractivity contribution in [2.45, 2.75) is 6.04 Å². The number of ether oxygens (including phenoxy) is 3. The van der Waals surface area contributed by atoms with E-state index in [1.165, 1.54) is 33.5 Å². The highest BCUT2D eigenvalue weighted by Gasteiger charge is 2.32. The molecule has 11 heteroatoms. The molecular weight excluding hydrogens is 424 g/mol. The Balaban J connectivity index is 2.21. The van der Waals surface area contributed by atoms with Gasteiger partial charge in [0.1, 0.15) is 0 Å². The number of non-ortho nitro benzene ring substituents is 1. The van der Waals surface area contributed by atoms with Crippen molar-refractivity contribution >= 4 is 34.6 Å². The van der Waals surface area contributed by atoms with Crippen molar-refractivity contribution < 1.29 is 23.9 Å². The molecule has 0 bridgehead atoms. The Hall–Kier alpha value is -3.86. The van der Waals surface area contributed by atoms with Crippen molar-refractivity contribution in [1.82, 2.24) is 10.6 Å². The molecule has 0 saturated heterocycles. The van der Waals surface area contributed by atoms with Gasteiger partial charge in [0.2, 0.25) is 11.7 Å². The second-order valence-electron chi connectivity index (χ2n) is 6.45. The number of rotatable bonds is 7. The molecule has 2 aromatic carbocycles. The summed E-state index contributed by atoms with van der Waals surface area (Å²) >= 11 is 5.33. The van der Waals surface area contributed by atoms with Gasteiger partial charge in [-0.2, -0.15) is 0 Å². The molecule has 10 nitrogen and oxygen atoms in total. The van der Waals surface area contributed by atoms with Crippen LogP contribution in [0.5, 0.6) is 17.2 Å². The van der Waals surface area contributed by atoms with E-state index in [9.17, 15) is 14.9 Å². The monoisotopic (exact) mass is 444 g/mol. The summed E-state index contributed by atoms with van der Waals surface area (Å²) in [5.74, 6) is 0.450. The minimum atomic E-state index is -0.721. The molecule has 1 aliphatic rings. The Bertz CT molecular complexity index is 1060. The molecule has 1 heterocycles. The van der Waals surface area contributed by atoms with Crippen LogP contribution >= 0.6 is 12.2 Å².